The normalized spacial score (nSPS) is 18.8. The molecule has 1 unspecified atom stereocenters. The summed E-state index contributed by atoms with van der Waals surface area (Å²) in [6, 6.07) is 15.7. The Labute approximate surface area is 118 Å². The lowest BCUT2D eigenvalue weighted by molar-refractivity contribution is 0.0671. The third kappa shape index (κ3) is 2.25. The molecule has 0 saturated carbocycles. The molecule has 1 atom stereocenters. The van der Waals surface area contributed by atoms with Gasteiger partial charge in [-0.25, -0.2) is 0 Å². The summed E-state index contributed by atoms with van der Waals surface area (Å²) >= 11 is 0. The van der Waals surface area contributed by atoms with E-state index in [1.807, 2.05) is 42.5 Å². The fraction of sp³-hybridized carbons (Fsp3) is 0.294. The lowest BCUT2D eigenvalue weighted by Gasteiger charge is -2.31. The van der Waals surface area contributed by atoms with Gasteiger partial charge in [0.1, 0.15) is 6.04 Å². The van der Waals surface area contributed by atoms with Crippen molar-refractivity contribution in [3.05, 3.63) is 48.0 Å². The summed E-state index contributed by atoms with van der Waals surface area (Å²) in [6.45, 7) is 0.684. The fourth-order valence-electron chi connectivity index (χ4n) is 2.80. The summed E-state index contributed by atoms with van der Waals surface area (Å²) in [5, 5.41) is 11.4. The van der Waals surface area contributed by atoms with Crippen LogP contribution in [0.1, 0.15) is 29.6 Å². The Morgan fingerprint density at radius 2 is 1.95 bits per heavy atom. The standard InChI is InChI=1S/C17H16N2O/c18-12-16-7-3-4-10-19(16)17(20)15-9-8-13-5-1-2-6-14(13)11-15/h1-2,5-6,8-9,11,16H,3-4,7,10H2. The van der Waals surface area contributed by atoms with E-state index in [0.717, 1.165) is 30.0 Å². The Morgan fingerprint density at radius 3 is 2.75 bits per heavy atom. The number of rotatable bonds is 1. The molecule has 1 fully saturated rings. The molecule has 1 aliphatic rings. The zero-order valence-corrected chi connectivity index (χ0v) is 11.2. The number of carbonyl (C=O) groups is 1. The number of piperidine rings is 1. The van der Waals surface area contributed by atoms with Gasteiger partial charge in [0.15, 0.2) is 0 Å². The zero-order chi connectivity index (χ0) is 13.9. The number of carbonyl (C=O) groups excluding carboxylic acids is 1. The molecular formula is C17H16N2O. The molecule has 1 aliphatic heterocycles. The van der Waals surface area contributed by atoms with Crippen molar-refractivity contribution < 1.29 is 4.79 Å². The molecule has 0 radical (unpaired) electrons. The van der Waals surface area contributed by atoms with Crippen molar-refractivity contribution in [2.75, 3.05) is 6.54 Å². The number of benzene rings is 2. The molecule has 100 valence electrons. The number of likely N-dealkylation sites (tertiary alicyclic amines) is 1. The van der Waals surface area contributed by atoms with Crippen LogP contribution in [0.15, 0.2) is 42.5 Å². The molecular weight excluding hydrogens is 248 g/mol. The molecule has 0 spiro atoms. The molecule has 3 nitrogen and oxygen atoms in total. The van der Waals surface area contributed by atoms with Gasteiger partial charge in [0.25, 0.3) is 5.91 Å². The minimum Gasteiger partial charge on any atom is -0.323 e. The van der Waals surface area contributed by atoms with E-state index < -0.39 is 0 Å². The van der Waals surface area contributed by atoms with Crippen LogP contribution in [-0.4, -0.2) is 23.4 Å². The van der Waals surface area contributed by atoms with Crippen LogP contribution in [0, 0.1) is 11.3 Å². The van der Waals surface area contributed by atoms with Gasteiger partial charge in [-0.15, -0.1) is 0 Å². The van der Waals surface area contributed by atoms with Gasteiger partial charge in [0.05, 0.1) is 6.07 Å². The maximum absolute atomic E-state index is 12.6. The van der Waals surface area contributed by atoms with Gasteiger partial charge in [-0.1, -0.05) is 30.3 Å². The second-order valence-electron chi connectivity index (χ2n) is 5.20. The quantitative estimate of drug-likeness (QED) is 0.792. The molecule has 2 aromatic rings. The predicted molar refractivity (Wildman–Crippen MR) is 78.2 cm³/mol. The summed E-state index contributed by atoms with van der Waals surface area (Å²) in [7, 11) is 0. The van der Waals surface area contributed by atoms with Crippen LogP contribution in [-0.2, 0) is 0 Å². The number of hydrogen-bond donors (Lipinski definition) is 0. The van der Waals surface area contributed by atoms with E-state index in [0.29, 0.717) is 12.1 Å². The van der Waals surface area contributed by atoms with Crippen molar-refractivity contribution in [3.63, 3.8) is 0 Å². The largest absolute Gasteiger partial charge is 0.323 e. The summed E-state index contributed by atoms with van der Waals surface area (Å²) in [4.78, 5) is 14.3. The zero-order valence-electron chi connectivity index (χ0n) is 11.2. The molecule has 1 saturated heterocycles. The first-order chi connectivity index (χ1) is 9.79. The lowest BCUT2D eigenvalue weighted by atomic mass is 10.0. The third-order valence-corrected chi connectivity index (χ3v) is 3.91. The van der Waals surface area contributed by atoms with Crippen LogP contribution in [0.4, 0.5) is 0 Å². The second-order valence-corrected chi connectivity index (χ2v) is 5.20. The average molecular weight is 264 g/mol. The summed E-state index contributed by atoms with van der Waals surface area (Å²) in [5.41, 5.74) is 0.672. The molecule has 0 N–H and O–H groups in total. The Kier molecular flexibility index (Phi) is 3.39. The van der Waals surface area contributed by atoms with Crippen molar-refractivity contribution in [2.24, 2.45) is 0 Å². The highest BCUT2D eigenvalue weighted by Crippen LogP contribution is 2.21. The first kappa shape index (κ1) is 12.7. The Hall–Kier alpha value is -2.34. The predicted octanol–water partition coefficient (Wildman–Crippen LogP) is 3.36. The first-order valence-corrected chi connectivity index (χ1v) is 6.99. The highest BCUT2D eigenvalue weighted by molar-refractivity contribution is 5.98. The minimum absolute atomic E-state index is 0.0259. The summed E-state index contributed by atoms with van der Waals surface area (Å²) < 4.78 is 0. The average Bonchev–Trinajstić information content (AvgIpc) is 2.53. The minimum atomic E-state index is -0.275. The van der Waals surface area contributed by atoms with Crippen molar-refractivity contribution in [2.45, 2.75) is 25.3 Å². The van der Waals surface area contributed by atoms with E-state index in [4.69, 9.17) is 0 Å². The third-order valence-electron chi connectivity index (χ3n) is 3.91. The van der Waals surface area contributed by atoms with Crippen LogP contribution >= 0.6 is 0 Å². The molecule has 3 rings (SSSR count). The van der Waals surface area contributed by atoms with E-state index in [2.05, 4.69) is 6.07 Å². The van der Waals surface area contributed by atoms with Gasteiger partial charge < -0.3 is 4.90 Å². The molecule has 20 heavy (non-hydrogen) atoms. The lowest BCUT2D eigenvalue weighted by Crippen LogP contribution is -2.42. The topological polar surface area (TPSA) is 44.1 Å². The number of fused-ring (bicyclic) bond motifs is 1. The van der Waals surface area contributed by atoms with E-state index in [1.165, 1.54) is 0 Å². The highest BCUT2D eigenvalue weighted by atomic mass is 16.2. The molecule has 1 heterocycles. The Bertz CT molecular complexity index is 687. The summed E-state index contributed by atoms with van der Waals surface area (Å²) in [6.07, 6.45) is 2.80. The number of amides is 1. The van der Waals surface area contributed by atoms with Gasteiger partial charge in [-0.2, -0.15) is 5.26 Å². The fourth-order valence-corrected chi connectivity index (χ4v) is 2.80. The van der Waals surface area contributed by atoms with Crippen LogP contribution in [0.2, 0.25) is 0 Å². The highest BCUT2D eigenvalue weighted by Gasteiger charge is 2.27. The molecule has 3 heteroatoms. The van der Waals surface area contributed by atoms with Gasteiger partial charge >= 0.3 is 0 Å². The SMILES string of the molecule is N#CC1CCCCN1C(=O)c1ccc2ccccc2c1. The van der Waals surface area contributed by atoms with E-state index in [-0.39, 0.29) is 11.9 Å². The smallest absolute Gasteiger partial charge is 0.254 e. The van der Waals surface area contributed by atoms with E-state index in [9.17, 15) is 10.1 Å². The van der Waals surface area contributed by atoms with Crippen molar-refractivity contribution in [1.82, 2.24) is 4.90 Å². The molecule has 0 aliphatic carbocycles. The van der Waals surface area contributed by atoms with Gasteiger partial charge in [0.2, 0.25) is 0 Å². The van der Waals surface area contributed by atoms with Gasteiger partial charge in [0, 0.05) is 12.1 Å². The second kappa shape index (κ2) is 5.34. The molecule has 0 aromatic heterocycles. The number of nitriles is 1. The monoisotopic (exact) mass is 264 g/mol. The van der Waals surface area contributed by atoms with Crippen molar-refractivity contribution >= 4 is 16.7 Å². The number of nitrogens with zero attached hydrogens (tertiary/aromatic N) is 2. The van der Waals surface area contributed by atoms with Crippen molar-refractivity contribution in [1.29, 1.82) is 5.26 Å². The Morgan fingerprint density at radius 1 is 1.15 bits per heavy atom. The van der Waals surface area contributed by atoms with E-state index >= 15 is 0 Å². The van der Waals surface area contributed by atoms with E-state index in [1.54, 1.807) is 4.90 Å². The van der Waals surface area contributed by atoms with Crippen LogP contribution < -0.4 is 0 Å². The maximum Gasteiger partial charge on any atom is 0.254 e. The maximum atomic E-state index is 12.6. The van der Waals surface area contributed by atoms with Gasteiger partial charge in [-0.05, 0) is 42.2 Å². The summed E-state index contributed by atoms with van der Waals surface area (Å²) in [5.74, 6) is -0.0259. The molecule has 0 bridgehead atoms. The molecule has 1 amide bonds. The van der Waals surface area contributed by atoms with Crippen LogP contribution in [0.25, 0.3) is 10.8 Å². The molecule has 2 aromatic carbocycles. The van der Waals surface area contributed by atoms with Gasteiger partial charge in [-0.3, -0.25) is 4.79 Å². The Balaban J connectivity index is 1.93. The van der Waals surface area contributed by atoms with Crippen LogP contribution in [0.3, 0.4) is 0 Å². The first-order valence-electron chi connectivity index (χ1n) is 6.99. The van der Waals surface area contributed by atoms with Crippen molar-refractivity contribution in [3.8, 4) is 6.07 Å². The van der Waals surface area contributed by atoms with Crippen LogP contribution in [0.5, 0.6) is 0 Å². The number of hydrogen-bond acceptors (Lipinski definition) is 2.